The smallest absolute Gasteiger partial charge is 0.243 e. The van der Waals surface area contributed by atoms with E-state index in [9.17, 15) is 17.6 Å². The van der Waals surface area contributed by atoms with Gasteiger partial charge in [-0.15, -0.1) is 0 Å². The lowest BCUT2D eigenvalue weighted by Gasteiger charge is -2.31. The van der Waals surface area contributed by atoms with Crippen molar-refractivity contribution < 1.29 is 22.3 Å². The maximum absolute atomic E-state index is 13.0. The highest BCUT2D eigenvalue weighted by Gasteiger charge is 2.64. The first-order valence-corrected chi connectivity index (χ1v) is 8.61. The highest BCUT2D eigenvalue weighted by molar-refractivity contribution is 7.89. The van der Waals surface area contributed by atoms with Crippen molar-refractivity contribution in [3.8, 4) is 0 Å². The van der Waals surface area contributed by atoms with E-state index in [0.717, 1.165) is 12.1 Å². The maximum atomic E-state index is 13.0. The number of carbonyl (C=O) groups excluding carboxylic acids is 1. The van der Waals surface area contributed by atoms with Crippen molar-refractivity contribution in [2.24, 2.45) is 0 Å². The van der Waals surface area contributed by atoms with E-state index >= 15 is 0 Å². The third-order valence-corrected chi connectivity index (χ3v) is 6.69. The molecule has 1 amide bonds. The van der Waals surface area contributed by atoms with Gasteiger partial charge >= 0.3 is 0 Å². The lowest BCUT2D eigenvalue weighted by atomic mass is 10.1. The van der Waals surface area contributed by atoms with Crippen LogP contribution in [0.3, 0.4) is 0 Å². The first-order valence-electron chi connectivity index (χ1n) is 7.17. The summed E-state index contributed by atoms with van der Waals surface area (Å²) in [7, 11) is -3.77. The van der Waals surface area contributed by atoms with Gasteiger partial charge in [0, 0.05) is 25.9 Å². The van der Waals surface area contributed by atoms with Crippen LogP contribution in [-0.4, -0.2) is 55.0 Å². The minimum absolute atomic E-state index is 0.0369. The predicted molar refractivity (Wildman–Crippen MR) is 73.7 cm³/mol. The first kappa shape index (κ1) is 14.1. The van der Waals surface area contributed by atoms with E-state index in [1.807, 2.05) is 0 Å². The molecule has 3 fully saturated rings. The van der Waals surface area contributed by atoms with E-state index in [2.05, 4.69) is 0 Å². The number of hydrogen-bond acceptors (Lipinski definition) is 4. The van der Waals surface area contributed by atoms with Gasteiger partial charge in [0.1, 0.15) is 5.82 Å². The van der Waals surface area contributed by atoms with Gasteiger partial charge in [-0.25, -0.2) is 12.8 Å². The summed E-state index contributed by atoms with van der Waals surface area (Å²) in [6, 6.07) is 4.24. The van der Waals surface area contributed by atoms with Gasteiger partial charge in [-0.3, -0.25) is 4.79 Å². The highest BCUT2D eigenvalue weighted by atomic mass is 32.2. The molecule has 4 rings (SSSR count). The summed E-state index contributed by atoms with van der Waals surface area (Å²) in [4.78, 5) is 13.8. The molecule has 0 radical (unpaired) electrons. The van der Waals surface area contributed by atoms with Crippen molar-refractivity contribution in [3.63, 3.8) is 0 Å². The van der Waals surface area contributed by atoms with Crippen LogP contribution in [0.4, 0.5) is 4.39 Å². The maximum Gasteiger partial charge on any atom is 0.243 e. The number of halogens is 1. The van der Waals surface area contributed by atoms with E-state index in [0.29, 0.717) is 26.1 Å². The fourth-order valence-corrected chi connectivity index (χ4v) is 5.44. The zero-order chi connectivity index (χ0) is 15.5. The van der Waals surface area contributed by atoms with Crippen LogP contribution in [0.15, 0.2) is 29.2 Å². The molecule has 2 atom stereocenters. The fraction of sp³-hybridized carbons (Fsp3) is 0.500. The quantitative estimate of drug-likeness (QED) is 0.796. The summed E-state index contributed by atoms with van der Waals surface area (Å²) < 4.78 is 45.7. The van der Waals surface area contributed by atoms with E-state index in [-0.39, 0.29) is 17.2 Å². The molecular weight excluding hydrogens is 311 g/mol. The molecule has 22 heavy (non-hydrogen) atoms. The number of sulfonamides is 1. The third-order valence-electron chi connectivity index (χ3n) is 4.77. The molecule has 0 bridgehead atoms. The van der Waals surface area contributed by atoms with Crippen molar-refractivity contribution in [1.29, 1.82) is 0 Å². The fourth-order valence-electron chi connectivity index (χ4n) is 3.78. The van der Waals surface area contributed by atoms with Crippen LogP contribution in [0, 0.1) is 5.82 Å². The molecule has 1 spiro atoms. The van der Waals surface area contributed by atoms with E-state index < -0.39 is 27.6 Å². The Bertz CT molecular complexity index is 736. The highest BCUT2D eigenvalue weighted by Crippen LogP contribution is 2.47. The van der Waals surface area contributed by atoms with Crippen molar-refractivity contribution in [2.45, 2.75) is 29.5 Å². The zero-order valence-corrected chi connectivity index (χ0v) is 12.6. The van der Waals surface area contributed by atoms with Crippen LogP contribution in [0.1, 0.15) is 12.8 Å². The second-order valence-electron chi connectivity index (χ2n) is 5.78. The zero-order valence-electron chi connectivity index (χ0n) is 11.7. The average molecular weight is 326 g/mol. The van der Waals surface area contributed by atoms with Gasteiger partial charge in [0.15, 0.2) is 5.72 Å². The summed E-state index contributed by atoms with van der Waals surface area (Å²) in [5.41, 5.74) is -0.801. The van der Waals surface area contributed by atoms with Crippen LogP contribution in [-0.2, 0) is 19.6 Å². The molecule has 0 unspecified atom stereocenters. The predicted octanol–water partition coefficient (Wildman–Crippen LogP) is 0.548. The molecular formula is C14H15FN2O4S. The standard InChI is InChI=1S/C14H15FN2O4S/c15-10-1-3-11(4-2-10)22(19,20)17-6-5-14-12(17)9-13(18)16(14)7-8-21-14/h1-4,12H,5-9H2/t12-,14+/m1/s1. The molecule has 3 aliphatic heterocycles. The average Bonchev–Trinajstić information content (AvgIpc) is 3.11. The lowest BCUT2D eigenvalue weighted by molar-refractivity contribution is -0.136. The monoisotopic (exact) mass is 326 g/mol. The number of rotatable bonds is 2. The molecule has 6 nitrogen and oxygen atoms in total. The third kappa shape index (κ3) is 1.71. The molecule has 0 aromatic heterocycles. The molecule has 1 aromatic rings. The molecule has 0 saturated carbocycles. The van der Waals surface area contributed by atoms with Crippen molar-refractivity contribution >= 4 is 15.9 Å². The van der Waals surface area contributed by atoms with Crippen LogP contribution < -0.4 is 0 Å². The number of benzene rings is 1. The number of carbonyl (C=O) groups is 1. The Morgan fingerprint density at radius 1 is 1.23 bits per heavy atom. The Kier molecular flexibility index (Phi) is 2.88. The normalized spacial score (nSPS) is 31.6. The van der Waals surface area contributed by atoms with Crippen LogP contribution in [0.2, 0.25) is 0 Å². The largest absolute Gasteiger partial charge is 0.352 e. The molecule has 1 aromatic carbocycles. The number of hydrogen-bond donors (Lipinski definition) is 0. The lowest BCUT2D eigenvalue weighted by Crippen LogP contribution is -2.48. The minimum Gasteiger partial charge on any atom is -0.352 e. The van der Waals surface area contributed by atoms with Gasteiger partial charge in [-0.1, -0.05) is 0 Å². The molecule has 3 aliphatic rings. The summed E-state index contributed by atoms with van der Waals surface area (Å²) >= 11 is 0. The Morgan fingerprint density at radius 3 is 2.68 bits per heavy atom. The summed E-state index contributed by atoms with van der Waals surface area (Å²) in [5, 5.41) is 0. The first-order chi connectivity index (χ1) is 10.4. The number of amides is 1. The van der Waals surface area contributed by atoms with Gasteiger partial charge in [0.2, 0.25) is 15.9 Å². The van der Waals surface area contributed by atoms with Gasteiger partial charge in [-0.05, 0) is 24.3 Å². The second-order valence-corrected chi connectivity index (χ2v) is 7.67. The Hall–Kier alpha value is -1.51. The van der Waals surface area contributed by atoms with Crippen molar-refractivity contribution in [3.05, 3.63) is 30.1 Å². The van der Waals surface area contributed by atoms with Crippen LogP contribution in [0.25, 0.3) is 0 Å². The number of nitrogens with zero attached hydrogens (tertiary/aromatic N) is 2. The van der Waals surface area contributed by atoms with E-state index in [4.69, 9.17) is 4.74 Å². The molecule has 8 heteroatoms. The van der Waals surface area contributed by atoms with Gasteiger partial charge < -0.3 is 9.64 Å². The summed E-state index contributed by atoms with van der Waals surface area (Å²) in [5.74, 6) is -0.556. The van der Waals surface area contributed by atoms with Crippen LogP contribution >= 0.6 is 0 Å². The Morgan fingerprint density at radius 2 is 1.95 bits per heavy atom. The Labute approximate surface area is 127 Å². The van der Waals surface area contributed by atoms with E-state index in [1.165, 1.54) is 16.4 Å². The summed E-state index contributed by atoms with van der Waals surface area (Å²) in [6.45, 7) is 1.25. The number of ether oxygens (including phenoxy) is 1. The molecule has 3 saturated heterocycles. The molecule has 3 heterocycles. The SMILES string of the molecule is O=C1C[C@H]2N(S(=O)(=O)c3ccc(F)cc3)CC[C@]23OCCN13. The second kappa shape index (κ2) is 4.50. The Balaban J connectivity index is 1.72. The van der Waals surface area contributed by atoms with Crippen molar-refractivity contribution in [1.82, 2.24) is 9.21 Å². The molecule has 0 N–H and O–H groups in total. The topological polar surface area (TPSA) is 66.9 Å². The van der Waals surface area contributed by atoms with Gasteiger partial charge in [0.05, 0.1) is 17.5 Å². The minimum atomic E-state index is -3.77. The summed E-state index contributed by atoms with van der Waals surface area (Å²) in [6.07, 6.45) is 0.615. The van der Waals surface area contributed by atoms with Gasteiger partial charge in [0.25, 0.3) is 0 Å². The van der Waals surface area contributed by atoms with E-state index in [1.54, 1.807) is 4.90 Å². The molecule has 118 valence electrons. The van der Waals surface area contributed by atoms with Crippen LogP contribution in [0.5, 0.6) is 0 Å². The molecule has 0 aliphatic carbocycles. The van der Waals surface area contributed by atoms with Crippen molar-refractivity contribution in [2.75, 3.05) is 19.7 Å². The van der Waals surface area contributed by atoms with Gasteiger partial charge in [-0.2, -0.15) is 4.31 Å².